The van der Waals surface area contributed by atoms with E-state index in [1.807, 2.05) is 43.5 Å². The molecule has 0 saturated heterocycles. The van der Waals surface area contributed by atoms with E-state index in [9.17, 15) is 0 Å². The molecule has 3 rings (SSSR count). The van der Waals surface area contributed by atoms with Crippen molar-refractivity contribution in [2.24, 2.45) is 0 Å². The van der Waals surface area contributed by atoms with Crippen LogP contribution in [0.1, 0.15) is 11.4 Å². The summed E-state index contributed by atoms with van der Waals surface area (Å²) in [7, 11) is 0. The number of aromatic amines is 1. The molecule has 0 fully saturated rings. The number of nitrogens with zero attached hydrogens (tertiary/aromatic N) is 3. The highest BCUT2D eigenvalue weighted by atomic mass is 79.9. The van der Waals surface area contributed by atoms with Crippen LogP contribution in [-0.2, 0) is 6.54 Å². The lowest BCUT2D eigenvalue weighted by molar-refractivity contribution is 1.04. The quantitative estimate of drug-likeness (QED) is 0.760. The Morgan fingerprint density at radius 1 is 1.24 bits per heavy atom. The zero-order valence-electron chi connectivity index (χ0n) is 11.5. The van der Waals surface area contributed by atoms with Gasteiger partial charge in [-0.2, -0.15) is 5.10 Å². The molecule has 0 unspecified atom stereocenters. The van der Waals surface area contributed by atoms with Gasteiger partial charge in [-0.25, -0.2) is 4.98 Å². The Morgan fingerprint density at radius 3 is 2.90 bits per heavy atom. The first-order valence-electron chi connectivity index (χ1n) is 6.53. The highest BCUT2D eigenvalue weighted by molar-refractivity contribution is 9.10. The van der Waals surface area contributed by atoms with Crippen molar-refractivity contribution in [3.05, 3.63) is 58.6 Å². The first-order valence-corrected chi connectivity index (χ1v) is 7.33. The van der Waals surface area contributed by atoms with Gasteiger partial charge in [0.25, 0.3) is 0 Å². The second-order valence-corrected chi connectivity index (χ2v) is 5.61. The molecule has 0 aliphatic rings. The van der Waals surface area contributed by atoms with E-state index in [4.69, 9.17) is 0 Å². The number of H-pyrrole nitrogens is 1. The number of aryl methyl sites for hydroxylation is 1. The van der Waals surface area contributed by atoms with Gasteiger partial charge in [0.15, 0.2) is 5.82 Å². The zero-order chi connectivity index (χ0) is 14.7. The molecule has 3 aromatic rings. The Morgan fingerprint density at radius 2 is 2.14 bits per heavy atom. The van der Waals surface area contributed by atoms with Gasteiger partial charge in [-0.1, -0.05) is 12.1 Å². The maximum absolute atomic E-state index is 4.34. The van der Waals surface area contributed by atoms with Crippen molar-refractivity contribution in [3.8, 4) is 11.4 Å². The molecule has 5 nitrogen and oxygen atoms in total. The molecule has 0 saturated carbocycles. The molecular formula is C15H14BrN5. The Labute approximate surface area is 131 Å². The van der Waals surface area contributed by atoms with Crippen molar-refractivity contribution < 1.29 is 0 Å². The van der Waals surface area contributed by atoms with Crippen molar-refractivity contribution in [1.82, 2.24) is 20.2 Å². The molecule has 0 aliphatic carbocycles. The summed E-state index contributed by atoms with van der Waals surface area (Å²) in [6.07, 6.45) is 3.62. The van der Waals surface area contributed by atoms with Crippen LogP contribution in [0.4, 0.5) is 5.69 Å². The predicted molar refractivity (Wildman–Crippen MR) is 85.8 cm³/mol. The predicted octanol–water partition coefficient (Wildman–Crippen LogP) is 3.55. The molecule has 0 aliphatic heterocycles. The van der Waals surface area contributed by atoms with Gasteiger partial charge >= 0.3 is 0 Å². The van der Waals surface area contributed by atoms with Gasteiger partial charge in [-0.05, 0) is 46.6 Å². The fraction of sp³-hybridized carbons (Fsp3) is 0.133. The standard InChI is InChI=1S/C15H14BrN5/c1-10-19-15(21-20-10)12-3-2-4-14(6-12)18-8-11-5-13(16)9-17-7-11/h2-7,9,18H,8H2,1H3,(H,19,20,21). The molecule has 106 valence electrons. The van der Waals surface area contributed by atoms with Crippen molar-refractivity contribution >= 4 is 21.6 Å². The summed E-state index contributed by atoms with van der Waals surface area (Å²) in [5, 5.41) is 10.4. The summed E-state index contributed by atoms with van der Waals surface area (Å²) in [6.45, 7) is 2.60. The number of aromatic nitrogens is 4. The normalized spacial score (nSPS) is 10.6. The second kappa shape index (κ2) is 6.05. The minimum atomic E-state index is 0.709. The number of hydrogen-bond acceptors (Lipinski definition) is 4. The number of benzene rings is 1. The molecule has 1 aromatic carbocycles. The number of nitrogens with one attached hydrogen (secondary N) is 2. The zero-order valence-corrected chi connectivity index (χ0v) is 13.1. The fourth-order valence-corrected chi connectivity index (χ4v) is 2.41. The van der Waals surface area contributed by atoms with Crippen molar-refractivity contribution in [2.45, 2.75) is 13.5 Å². The monoisotopic (exact) mass is 343 g/mol. The number of pyridine rings is 1. The summed E-state index contributed by atoms with van der Waals surface area (Å²) in [6, 6.07) is 10.1. The Balaban J connectivity index is 1.74. The van der Waals surface area contributed by atoms with Gasteiger partial charge in [-0.15, -0.1) is 0 Å². The summed E-state index contributed by atoms with van der Waals surface area (Å²) in [5.74, 6) is 1.52. The van der Waals surface area contributed by atoms with Gasteiger partial charge in [0.05, 0.1) is 0 Å². The van der Waals surface area contributed by atoms with Crippen LogP contribution < -0.4 is 5.32 Å². The smallest absolute Gasteiger partial charge is 0.181 e. The highest BCUT2D eigenvalue weighted by Gasteiger charge is 2.04. The average molecular weight is 344 g/mol. The number of rotatable bonds is 4. The minimum Gasteiger partial charge on any atom is -0.381 e. The van der Waals surface area contributed by atoms with Crippen molar-refractivity contribution in [1.29, 1.82) is 0 Å². The minimum absolute atomic E-state index is 0.709. The number of halogens is 1. The van der Waals surface area contributed by atoms with Crippen LogP contribution in [0.3, 0.4) is 0 Å². The first-order chi connectivity index (χ1) is 10.2. The molecule has 0 spiro atoms. The second-order valence-electron chi connectivity index (χ2n) is 4.69. The van der Waals surface area contributed by atoms with Crippen LogP contribution in [0.15, 0.2) is 47.2 Å². The van der Waals surface area contributed by atoms with Gasteiger partial charge in [0, 0.05) is 34.7 Å². The van der Waals surface area contributed by atoms with Crippen LogP contribution in [0, 0.1) is 6.92 Å². The maximum atomic E-state index is 4.34. The van der Waals surface area contributed by atoms with E-state index in [0.717, 1.165) is 27.1 Å². The summed E-state index contributed by atoms with van der Waals surface area (Å²) in [4.78, 5) is 8.49. The number of anilines is 1. The van der Waals surface area contributed by atoms with Crippen LogP contribution >= 0.6 is 15.9 Å². The van der Waals surface area contributed by atoms with Gasteiger partial charge < -0.3 is 5.32 Å². The van der Waals surface area contributed by atoms with E-state index >= 15 is 0 Å². The summed E-state index contributed by atoms with van der Waals surface area (Å²) >= 11 is 3.42. The lowest BCUT2D eigenvalue weighted by atomic mass is 10.2. The molecule has 0 radical (unpaired) electrons. The van der Waals surface area contributed by atoms with Gasteiger partial charge in [0.1, 0.15) is 5.82 Å². The molecule has 6 heteroatoms. The van der Waals surface area contributed by atoms with Crippen LogP contribution in [0.5, 0.6) is 0 Å². The molecule has 21 heavy (non-hydrogen) atoms. The van der Waals surface area contributed by atoms with Crippen LogP contribution in [0.25, 0.3) is 11.4 Å². The van der Waals surface area contributed by atoms with Crippen molar-refractivity contribution in [2.75, 3.05) is 5.32 Å². The van der Waals surface area contributed by atoms with Gasteiger partial charge in [0.2, 0.25) is 0 Å². The molecule has 0 amide bonds. The molecule has 0 atom stereocenters. The van der Waals surface area contributed by atoms with Crippen molar-refractivity contribution in [3.63, 3.8) is 0 Å². The Kier molecular flexibility index (Phi) is 3.96. The highest BCUT2D eigenvalue weighted by Crippen LogP contribution is 2.20. The van der Waals surface area contributed by atoms with E-state index in [1.54, 1.807) is 6.20 Å². The molecular weight excluding hydrogens is 330 g/mol. The van der Waals surface area contributed by atoms with Crippen LogP contribution in [-0.4, -0.2) is 20.2 Å². The summed E-state index contributed by atoms with van der Waals surface area (Å²) in [5.41, 5.74) is 3.12. The largest absolute Gasteiger partial charge is 0.381 e. The molecule has 2 aromatic heterocycles. The van der Waals surface area contributed by atoms with Gasteiger partial charge in [-0.3, -0.25) is 10.1 Å². The van der Waals surface area contributed by atoms with E-state index in [2.05, 4.69) is 41.4 Å². The van der Waals surface area contributed by atoms with Crippen LogP contribution in [0.2, 0.25) is 0 Å². The summed E-state index contributed by atoms with van der Waals surface area (Å²) < 4.78 is 0.978. The van der Waals surface area contributed by atoms with E-state index in [-0.39, 0.29) is 0 Å². The van der Waals surface area contributed by atoms with E-state index in [1.165, 1.54) is 0 Å². The number of hydrogen-bond donors (Lipinski definition) is 2. The van der Waals surface area contributed by atoms with E-state index in [0.29, 0.717) is 12.4 Å². The third-order valence-electron chi connectivity index (χ3n) is 2.98. The topological polar surface area (TPSA) is 66.5 Å². The van der Waals surface area contributed by atoms with E-state index < -0.39 is 0 Å². The third-order valence-corrected chi connectivity index (χ3v) is 3.41. The lowest BCUT2D eigenvalue weighted by Gasteiger charge is -2.07. The average Bonchev–Trinajstić information content (AvgIpc) is 2.92. The molecule has 2 N–H and O–H groups in total. The molecule has 0 bridgehead atoms. The first kappa shape index (κ1) is 13.8. The Hall–Kier alpha value is -2.21. The fourth-order valence-electron chi connectivity index (χ4n) is 2.00. The maximum Gasteiger partial charge on any atom is 0.181 e. The third kappa shape index (κ3) is 3.46. The lowest BCUT2D eigenvalue weighted by Crippen LogP contribution is -2.00. The Bertz CT molecular complexity index is 753. The molecule has 2 heterocycles. The SMILES string of the molecule is Cc1nc(-c2cccc(NCc3cncc(Br)c3)c2)n[nH]1.